The highest BCUT2D eigenvalue weighted by Crippen LogP contribution is 2.22. The van der Waals surface area contributed by atoms with Crippen molar-refractivity contribution >= 4 is 28.6 Å². The Hall–Kier alpha value is -1.92. The monoisotopic (exact) mass is 306 g/mol. The summed E-state index contributed by atoms with van der Waals surface area (Å²) in [7, 11) is 0. The van der Waals surface area contributed by atoms with E-state index in [1.54, 1.807) is 13.1 Å². The third-order valence-corrected chi connectivity index (χ3v) is 3.76. The van der Waals surface area contributed by atoms with Gasteiger partial charge in [-0.15, -0.1) is 21.5 Å². The predicted molar refractivity (Wildman–Crippen MR) is 78.9 cm³/mol. The topological polar surface area (TPSA) is 63.8 Å². The molecule has 0 aliphatic heterocycles. The number of hydrogen-bond donors (Lipinski definition) is 1. The molecule has 0 saturated heterocycles. The van der Waals surface area contributed by atoms with Crippen LogP contribution in [0.2, 0.25) is 4.47 Å². The number of thiazole rings is 1. The van der Waals surface area contributed by atoms with Gasteiger partial charge in [0, 0.05) is 29.2 Å². The Morgan fingerprint density at radius 2 is 2.05 bits per heavy atom. The van der Waals surface area contributed by atoms with Gasteiger partial charge in [0.2, 0.25) is 11.8 Å². The van der Waals surface area contributed by atoms with Crippen LogP contribution in [0.1, 0.15) is 10.8 Å². The molecule has 3 aromatic rings. The maximum atomic E-state index is 5.79. The van der Waals surface area contributed by atoms with E-state index in [2.05, 4.69) is 20.5 Å². The third-order valence-electron chi connectivity index (χ3n) is 2.65. The Morgan fingerprint density at radius 3 is 2.65 bits per heavy atom. The maximum absolute atomic E-state index is 5.79. The van der Waals surface area contributed by atoms with Crippen molar-refractivity contribution in [3.63, 3.8) is 0 Å². The highest BCUT2D eigenvalue weighted by molar-refractivity contribution is 7.15. The van der Waals surface area contributed by atoms with E-state index in [4.69, 9.17) is 16.0 Å². The molecule has 0 spiro atoms. The van der Waals surface area contributed by atoms with E-state index >= 15 is 0 Å². The number of rotatable bonds is 4. The summed E-state index contributed by atoms with van der Waals surface area (Å²) >= 11 is 7.26. The second-order valence-electron chi connectivity index (χ2n) is 4.14. The number of nitrogens with one attached hydrogen (secondary N) is 1. The number of hydrogen-bond acceptors (Lipinski definition) is 6. The zero-order valence-corrected chi connectivity index (χ0v) is 12.2. The van der Waals surface area contributed by atoms with E-state index in [-0.39, 0.29) is 0 Å². The van der Waals surface area contributed by atoms with Crippen molar-refractivity contribution in [1.82, 2.24) is 15.2 Å². The summed E-state index contributed by atoms with van der Waals surface area (Å²) in [6, 6.07) is 7.82. The highest BCUT2D eigenvalue weighted by atomic mass is 35.5. The predicted octanol–water partition coefficient (Wildman–Crippen LogP) is 3.77. The van der Waals surface area contributed by atoms with Crippen LogP contribution in [0.25, 0.3) is 11.5 Å². The minimum atomic E-state index is 0.531. The van der Waals surface area contributed by atoms with Crippen molar-refractivity contribution in [2.24, 2.45) is 0 Å². The molecule has 0 aliphatic carbocycles. The quantitative estimate of drug-likeness (QED) is 0.795. The molecule has 0 radical (unpaired) electrons. The molecule has 1 aromatic carbocycles. The van der Waals surface area contributed by atoms with Crippen LogP contribution in [0.5, 0.6) is 0 Å². The minimum absolute atomic E-state index is 0.531. The average Bonchev–Trinajstić information content (AvgIpc) is 3.06. The van der Waals surface area contributed by atoms with Gasteiger partial charge in [-0.3, -0.25) is 0 Å². The second kappa shape index (κ2) is 5.60. The van der Waals surface area contributed by atoms with Gasteiger partial charge in [-0.2, -0.15) is 0 Å². The van der Waals surface area contributed by atoms with Crippen LogP contribution < -0.4 is 5.32 Å². The Kier molecular flexibility index (Phi) is 3.66. The Labute approximate surface area is 124 Å². The lowest BCUT2D eigenvalue weighted by Gasteiger charge is -2.04. The fourth-order valence-corrected chi connectivity index (χ4v) is 2.62. The molecule has 3 rings (SSSR count). The van der Waals surface area contributed by atoms with Crippen LogP contribution in [-0.2, 0) is 6.54 Å². The Balaban J connectivity index is 1.67. The van der Waals surface area contributed by atoms with Crippen molar-refractivity contribution in [2.75, 3.05) is 5.32 Å². The molecule has 0 atom stereocenters. The first-order valence-corrected chi connectivity index (χ1v) is 7.15. The molecule has 0 aliphatic rings. The van der Waals surface area contributed by atoms with Crippen LogP contribution >= 0.6 is 22.9 Å². The summed E-state index contributed by atoms with van der Waals surface area (Å²) in [6.45, 7) is 2.47. The van der Waals surface area contributed by atoms with E-state index in [1.165, 1.54) is 11.3 Å². The number of benzene rings is 1. The highest BCUT2D eigenvalue weighted by Gasteiger charge is 2.05. The van der Waals surface area contributed by atoms with Gasteiger partial charge in [-0.25, -0.2) is 4.98 Å². The third kappa shape index (κ3) is 2.97. The molecule has 0 saturated carbocycles. The van der Waals surface area contributed by atoms with Gasteiger partial charge in [0.05, 0.1) is 6.54 Å². The van der Waals surface area contributed by atoms with Crippen molar-refractivity contribution in [3.8, 4) is 11.5 Å². The molecule has 5 nitrogen and oxygen atoms in total. The van der Waals surface area contributed by atoms with Crippen LogP contribution in [0.4, 0.5) is 5.69 Å². The Bertz CT molecular complexity index is 707. The van der Waals surface area contributed by atoms with E-state index in [0.717, 1.165) is 16.1 Å². The minimum Gasteiger partial charge on any atom is -0.421 e. The van der Waals surface area contributed by atoms with Gasteiger partial charge < -0.3 is 9.73 Å². The summed E-state index contributed by atoms with van der Waals surface area (Å²) in [5.74, 6) is 1.09. The van der Waals surface area contributed by atoms with Crippen molar-refractivity contribution in [3.05, 3.63) is 45.7 Å². The molecule has 1 N–H and O–H groups in total. The summed E-state index contributed by atoms with van der Waals surface area (Å²) < 4.78 is 5.94. The van der Waals surface area contributed by atoms with Crippen LogP contribution in [0.15, 0.2) is 34.9 Å². The first kappa shape index (κ1) is 13.1. The second-order valence-corrected chi connectivity index (χ2v) is 5.83. The Morgan fingerprint density at radius 1 is 1.25 bits per heavy atom. The molecular weight excluding hydrogens is 296 g/mol. The molecule has 0 bridgehead atoms. The first-order chi connectivity index (χ1) is 9.70. The number of aryl methyl sites for hydroxylation is 1. The zero-order valence-electron chi connectivity index (χ0n) is 10.6. The molecule has 102 valence electrons. The number of nitrogens with zero attached hydrogens (tertiary/aromatic N) is 3. The SMILES string of the molecule is Cc1nnc(-c2ccc(NCc3cnc(Cl)s3)cc2)o1. The standard InChI is InChI=1S/C13H11ClN4OS/c1-8-17-18-12(19-8)9-2-4-10(5-3-9)15-6-11-7-16-13(14)20-11/h2-5,7,15H,6H2,1H3. The van der Waals surface area contributed by atoms with Crippen molar-refractivity contribution in [1.29, 1.82) is 0 Å². The molecule has 0 fully saturated rings. The van der Waals surface area contributed by atoms with E-state index in [0.29, 0.717) is 22.8 Å². The lowest BCUT2D eigenvalue weighted by atomic mass is 10.2. The van der Waals surface area contributed by atoms with Crippen molar-refractivity contribution < 1.29 is 4.42 Å². The smallest absolute Gasteiger partial charge is 0.247 e. The lowest BCUT2D eigenvalue weighted by Crippen LogP contribution is -1.96. The van der Waals surface area contributed by atoms with Crippen LogP contribution in [0, 0.1) is 6.92 Å². The van der Waals surface area contributed by atoms with Gasteiger partial charge in [0.25, 0.3) is 0 Å². The van der Waals surface area contributed by atoms with Gasteiger partial charge >= 0.3 is 0 Å². The van der Waals surface area contributed by atoms with Gasteiger partial charge in [-0.05, 0) is 24.3 Å². The lowest BCUT2D eigenvalue weighted by molar-refractivity contribution is 0.533. The molecule has 2 aromatic heterocycles. The summed E-state index contributed by atoms with van der Waals surface area (Å²) in [5, 5.41) is 11.1. The summed E-state index contributed by atoms with van der Waals surface area (Å²) in [6.07, 6.45) is 1.77. The molecular formula is C13H11ClN4OS. The van der Waals surface area contributed by atoms with Gasteiger partial charge in [0.15, 0.2) is 4.47 Å². The number of anilines is 1. The van der Waals surface area contributed by atoms with E-state index in [1.807, 2.05) is 24.3 Å². The normalized spacial score (nSPS) is 10.7. The first-order valence-electron chi connectivity index (χ1n) is 5.95. The van der Waals surface area contributed by atoms with E-state index in [9.17, 15) is 0 Å². The van der Waals surface area contributed by atoms with Crippen LogP contribution in [0.3, 0.4) is 0 Å². The van der Waals surface area contributed by atoms with Crippen LogP contribution in [-0.4, -0.2) is 15.2 Å². The summed E-state index contributed by atoms with van der Waals surface area (Å²) in [4.78, 5) is 5.09. The fraction of sp³-hybridized carbons (Fsp3) is 0.154. The van der Waals surface area contributed by atoms with Gasteiger partial charge in [0.1, 0.15) is 0 Å². The maximum Gasteiger partial charge on any atom is 0.247 e. The molecule has 2 heterocycles. The van der Waals surface area contributed by atoms with Gasteiger partial charge in [-0.1, -0.05) is 11.6 Å². The molecule has 0 unspecified atom stereocenters. The zero-order chi connectivity index (χ0) is 13.9. The fourth-order valence-electron chi connectivity index (χ4n) is 1.70. The number of halogens is 1. The van der Waals surface area contributed by atoms with E-state index < -0.39 is 0 Å². The largest absolute Gasteiger partial charge is 0.421 e. The van der Waals surface area contributed by atoms with Crippen molar-refractivity contribution in [2.45, 2.75) is 13.5 Å². The number of aromatic nitrogens is 3. The average molecular weight is 307 g/mol. The summed E-state index contributed by atoms with van der Waals surface area (Å²) in [5.41, 5.74) is 1.91. The molecule has 20 heavy (non-hydrogen) atoms. The molecule has 0 amide bonds. The molecule has 7 heteroatoms.